The molecule has 3 N–H and O–H groups in total. The summed E-state index contributed by atoms with van der Waals surface area (Å²) in [5.41, 5.74) is 7.08. The lowest BCUT2D eigenvalue weighted by Crippen LogP contribution is -2.23. The van der Waals surface area contributed by atoms with Gasteiger partial charge in [0, 0.05) is 18.1 Å². The maximum absolute atomic E-state index is 12.3. The molecule has 1 aromatic rings. The van der Waals surface area contributed by atoms with Crippen molar-refractivity contribution in [3.63, 3.8) is 0 Å². The average molecular weight is 292 g/mol. The van der Waals surface area contributed by atoms with Gasteiger partial charge in [0.1, 0.15) is 13.2 Å². The second-order valence-corrected chi connectivity index (χ2v) is 5.32. The molecule has 0 aliphatic carbocycles. The van der Waals surface area contributed by atoms with Gasteiger partial charge in [-0.1, -0.05) is 26.7 Å². The van der Waals surface area contributed by atoms with Gasteiger partial charge in [0.15, 0.2) is 11.5 Å². The summed E-state index contributed by atoms with van der Waals surface area (Å²) < 4.78 is 11.0. The molecule has 21 heavy (non-hydrogen) atoms. The number of ether oxygens (including phenoxy) is 2. The van der Waals surface area contributed by atoms with Gasteiger partial charge in [-0.2, -0.15) is 0 Å². The molecule has 0 saturated carbocycles. The van der Waals surface area contributed by atoms with E-state index in [9.17, 15) is 4.79 Å². The fraction of sp³-hybridized carbons (Fsp3) is 0.562. The van der Waals surface area contributed by atoms with E-state index in [0.717, 1.165) is 25.7 Å². The molecule has 0 bridgehead atoms. The first kappa shape index (κ1) is 15.5. The molecule has 1 unspecified atom stereocenters. The van der Waals surface area contributed by atoms with Crippen molar-refractivity contribution >= 4 is 17.3 Å². The number of rotatable bonds is 6. The number of nitrogen functional groups attached to an aromatic ring is 1. The van der Waals surface area contributed by atoms with E-state index < -0.39 is 0 Å². The third kappa shape index (κ3) is 3.80. The van der Waals surface area contributed by atoms with E-state index >= 15 is 0 Å². The Morgan fingerprint density at radius 2 is 1.95 bits per heavy atom. The zero-order valence-electron chi connectivity index (χ0n) is 12.8. The molecule has 1 aliphatic heterocycles. The zero-order chi connectivity index (χ0) is 15.2. The molecular formula is C16H24N2O3. The van der Waals surface area contributed by atoms with Gasteiger partial charge in [-0.05, 0) is 12.8 Å². The minimum atomic E-state index is 0.0225. The molecule has 0 spiro atoms. The first-order valence-electron chi connectivity index (χ1n) is 7.65. The number of nitrogens with one attached hydrogen (secondary N) is 1. The molecule has 0 radical (unpaired) electrons. The summed E-state index contributed by atoms with van der Waals surface area (Å²) in [6.45, 7) is 5.20. The van der Waals surface area contributed by atoms with Crippen molar-refractivity contribution in [3.05, 3.63) is 12.1 Å². The van der Waals surface area contributed by atoms with Crippen molar-refractivity contribution in [1.82, 2.24) is 0 Å². The third-order valence-electron chi connectivity index (χ3n) is 3.74. The number of amides is 1. The van der Waals surface area contributed by atoms with Crippen LogP contribution in [0, 0.1) is 5.92 Å². The molecule has 0 fully saturated rings. The van der Waals surface area contributed by atoms with Crippen molar-refractivity contribution in [2.45, 2.75) is 39.5 Å². The Morgan fingerprint density at radius 1 is 1.29 bits per heavy atom. The summed E-state index contributed by atoms with van der Waals surface area (Å²) in [5.74, 6) is 1.31. The molecule has 2 rings (SSSR count). The quantitative estimate of drug-likeness (QED) is 0.790. The predicted molar refractivity (Wildman–Crippen MR) is 83.8 cm³/mol. The van der Waals surface area contributed by atoms with Crippen molar-refractivity contribution in [2.24, 2.45) is 5.92 Å². The SMILES string of the molecule is CCCCC(CC)C(=O)Nc1cc2c(cc1N)OCCO2. The van der Waals surface area contributed by atoms with Crippen LogP contribution >= 0.6 is 0 Å². The topological polar surface area (TPSA) is 73.6 Å². The smallest absolute Gasteiger partial charge is 0.227 e. The fourth-order valence-corrected chi connectivity index (χ4v) is 2.42. The van der Waals surface area contributed by atoms with Gasteiger partial charge in [0.05, 0.1) is 11.4 Å². The standard InChI is InChI=1S/C16H24N2O3/c1-3-5-6-11(4-2)16(19)18-13-10-15-14(9-12(13)17)20-7-8-21-15/h9-11H,3-8,17H2,1-2H3,(H,18,19). The van der Waals surface area contributed by atoms with E-state index in [1.54, 1.807) is 12.1 Å². The van der Waals surface area contributed by atoms with Crippen LogP contribution < -0.4 is 20.5 Å². The van der Waals surface area contributed by atoms with Gasteiger partial charge < -0.3 is 20.5 Å². The summed E-state index contributed by atoms with van der Waals surface area (Å²) >= 11 is 0. The number of nitrogens with two attached hydrogens (primary N) is 1. The molecule has 0 aromatic heterocycles. The lowest BCUT2D eigenvalue weighted by Gasteiger charge is -2.21. The van der Waals surface area contributed by atoms with Crippen molar-refractivity contribution < 1.29 is 14.3 Å². The monoisotopic (exact) mass is 292 g/mol. The van der Waals surface area contributed by atoms with Gasteiger partial charge in [-0.15, -0.1) is 0 Å². The van der Waals surface area contributed by atoms with E-state index in [0.29, 0.717) is 36.1 Å². The highest BCUT2D eigenvalue weighted by molar-refractivity contribution is 5.96. The van der Waals surface area contributed by atoms with Gasteiger partial charge in [-0.3, -0.25) is 4.79 Å². The lowest BCUT2D eigenvalue weighted by atomic mass is 9.98. The fourth-order valence-electron chi connectivity index (χ4n) is 2.42. The van der Waals surface area contributed by atoms with Gasteiger partial charge in [0.25, 0.3) is 0 Å². The summed E-state index contributed by atoms with van der Waals surface area (Å²) in [5, 5.41) is 2.92. The highest BCUT2D eigenvalue weighted by Crippen LogP contribution is 2.37. The van der Waals surface area contributed by atoms with Crippen LogP contribution in [0.15, 0.2) is 12.1 Å². The average Bonchev–Trinajstić information content (AvgIpc) is 2.49. The van der Waals surface area contributed by atoms with Crippen molar-refractivity contribution in [2.75, 3.05) is 24.3 Å². The minimum Gasteiger partial charge on any atom is -0.486 e. The number of anilines is 2. The number of fused-ring (bicyclic) bond motifs is 1. The normalized spacial score (nSPS) is 14.6. The molecule has 1 atom stereocenters. The predicted octanol–water partition coefficient (Wildman–Crippen LogP) is 3.19. The first-order valence-corrected chi connectivity index (χ1v) is 7.65. The Bertz CT molecular complexity index is 503. The van der Waals surface area contributed by atoms with Crippen molar-refractivity contribution in [1.29, 1.82) is 0 Å². The Labute approximate surface area is 125 Å². The molecule has 0 saturated heterocycles. The van der Waals surface area contributed by atoms with E-state index in [1.807, 2.05) is 6.92 Å². The maximum Gasteiger partial charge on any atom is 0.227 e. The van der Waals surface area contributed by atoms with Crippen LogP contribution in [0.4, 0.5) is 11.4 Å². The summed E-state index contributed by atoms with van der Waals surface area (Å²) in [6, 6.07) is 3.45. The summed E-state index contributed by atoms with van der Waals surface area (Å²) in [4.78, 5) is 12.3. The van der Waals surface area contributed by atoms with Gasteiger partial charge in [-0.25, -0.2) is 0 Å². The number of hydrogen-bond donors (Lipinski definition) is 2. The van der Waals surface area contributed by atoms with Crippen LogP contribution in [0.2, 0.25) is 0 Å². The van der Waals surface area contributed by atoms with Crippen molar-refractivity contribution in [3.8, 4) is 11.5 Å². The molecule has 1 amide bonds. The van der Waals surface area contributed by atoms with Crippen LogP contribution in [0.1, 0.15) is 39.5 Å². The molecule has 1 aliphatic rings. The molecular weight excluding hydrogens is 268 g/mol. The van der Waals surface area contributed by atoms with E-state index in [1.165, 1.54) is 0 Å². The number of benzene rings is 1. The van der Waals surface area contributed by atoms with Crippen LogP contribution in [-0.4, -0.2) is 19.1 Å². The van der Waals surface area contributed by atoms with Gasteiger partial charge >= 0.3 is 0 Å². The third-order valence-corrected chi connectivity index (χ3v) is 3.74. The Hall–Kier alpha value is -1.91. The molecule has 1 aromatic carbocycles. The molecule has 5 heteroatoms. The summed E-state index contributed by atoms with van der Waals surface area (Å²) in [7, 11) is 0. The van der Waals surface area contributed by atoms with Gasteiger partial charge in [0.2, 0.25) is 5.91 Å². The van der Waals surface area contributed by atoms with Crippen LogP contribution in [0.3, 0.4) is 0 Å². The number of carbonyl (C=O) groups excluding carboxylic acids is 1. The molecule has 1 heterocycles. The second-order valence-electron chi connectivity index (χ2n) is 5.32. The van der Waals surface area contributed by atoms with E-state index in [-0.39, 0.29) is 11.8 Å². The largest absolute Gasteiger partial charge is 0.486 e. The summed E-state index contributed by atoms with van der Waals surface area (Å²) in [6.07, 6.45) is 3.89. The second kappa shape index (κ2) is 7.20. The van der Waals surface area contributed by atoms with Crippen LogP contribution in [0.25, 0.3) is 0 Å². The Balaban J connectivity index is 2.09. The van der Waals surface area contributed by atoms with E-state index in [4.69, 9.17) is 15.2 Å². The van der Waals surface area contributed by atoms with E-state index in [2.05, 4.69) is 12.2 Å². The molecule has 5 nitrogen and oxygen atoms in total. The Kier molecular flexibility index (Phi) is 5.31. The maximum atomic E-state index is 12.3. The lowest BCUT2D eigenvalue weighted by molar-refractivity contribution is -0.120. The number of hydrogen-bond acceptors (Lipinski definition) is 4. The highest BCUT2D eigenvalue weighted by Gasteiger charge is 2.19. The van der Waals surface area contributed by atoms with Crippen LogP contribution in [0.5, 0.6) is 11.5 Å². The zero-order valence-corrected chi connectivity index (χ0v) is 12.8. The Morgan fingerprint density at radius 3 is 2.57 bits per heavy atom. The highest BCUT2D eigenvalue weighted by atomic mass is 16.6. The number of unbranched alkanes of at least 4 members (excludes halogenated alkanes) is 1. The minimum absolute atomic E-state index is 0.0225. The molecule has 116 valence electrons. The first-order chi connectivity index (χ1) is 10.2. The number of carbonyl (C=O) groups is 1. The van der Waals surface area contributed by atoms with Crippen LogP contribution in [-0.2, 0) is 4.79 Å².